The lowest BCUT2D eigenvalue weighted by atomic mass is 10.1. The maximum Gasteiger partial charge on any atom is 0.203 e. The molecule has 24 heavy (non-hydrogen) atoms. The predicted octanol–water partition coefficient (Wildman–Crippen LogP) is 2.17. The minimum atomic E-state index is 0.445. The van der Waals surface area contributed by atoms with Gasteiger partial charge in [-0.3, -0.25) is 0 Å². The quantitative estimate of drug-likeness (QED) is 0.801. The molecular weight excluding hydrogens is 300 g/mol. The van der Waals surface area contributed by atoms with Crippen LogP contribution >= 0.6 is 0 Å². The first kappa shape index (κ1) is 13.8. The highest BCUT2D eigenvalue weighted by atomic mass is 15.4. The Morgan fingerprint density at radius 2 is 2.04 bits per heavy atom. The van der Waals surface area contributed by atoms with Crippen molar-refractivity contribution >= 4 is 22.8 Å². The summed E-state index contributed by atoms with van der Waals surface area (Å²) in [6, 6.07) is 10.8. The molecule has 0 bridgehead atoms. The van der Waals surface area contributed by atoms with E-state index in [1.165, 1.54) is 17.7 Å². The van der Waals surface area contributed by atoms with Crippen LogP contribution in [0, 0.1) is 0 Å². The van der Waals surface area contributed by atoms with Gasteiger partial charge in [0.15, 0.2) is 5.82 Å². The van der Waals surface area contributed by atoms with E-state index in [2.05, 4.69) is 49.1 Å². The van der Waals surface area contributed by atoms with E-state index in [0.717, 1.165) is 48.7 Å². The number of aryl methyl sites for hydroxylation is 2. The number of hydrogen-bond acceptors (Lipinski definition) is 5. The molecule has 3 aromatic rings. The van der Waals surface area contributed by atoms with Gasteiger partial charge < -0.3 is 14.8 Å². The van der Waals surface area contributed by atoms with Crippen LogP contribution in [0.1, 0.15) is 17.7 Å². The minimum Gasteiger partial charge on any atom is -0.351 e. The molecule has 0 saturated carbocycles. The van der Waals surface area contributed by atoms with Crippen molar-refractivity contribution in [3.05, 3.63) is 41.6 Å². The highest BCUT2D eigenvalue weighted by Crippen LogP contribution is 2.28. The number of para-hydroxylation sites is 2. The molecule has 0 atom stereocenters. The third-order valence-corrected chi connectivity index (χ3v) is 5.25. The van der Waals surface area contributed by atoms with E-state index >= 15 is 0 Å². The lowest BCUT2D eigenvalue weighted by Gasteiger charge is -2.44. The van der Waals surface area contributed by atoms with Gasteiger partial charge in [-0.25, -0.2) is 4.98 Å². The molecule has 6 heteroatoms. The molecule has 1 fully saturated rings. The van der Waals surface area contributed by atoms with E-state index in [9.17, 15) is 0 Å². The first-order valence-electron chi connectivity index (χ1n) is 8.56. The topological polar surface area (TPSA) is 60.9 Å². The van der Waals surface area contributed by atoms with Crippen molar-refractivity contribution in [3.63, 3.8) is 0 Å². The standard InChI is InChI=1S/C18H20N6/c1-23(18-19-15-6-2-3-7-16(15)20-18)13-10-24(11-13)17-9-12-5-4-8-14(12)21-22-17/h2-3,6-7,9,13H,4-5,8,10-11H2,1H3,(H,19,20). The summed E-state index contributed by atoms with van der Waals surface area (Å²) < 4.78 is 0. The zero-order valence-corrected chi connectivity index (χ0v) is 13.7. The van der Waals surface area contributed by atoms with Gasteiger partial charge in [-0.05, 0) is 43.0 Å². The molecule has 122 valence electrons. The molecule has 1 aliphatic heterocycles. The number of aromatic nitrogens is 4. The van der Waals surface area contributed by atoms with E-state index in [-0.39, 0.29) is 0 Å². The largest absolute Gasteiger partial charge is 0.351 e. The first-order valence-corrected chi connectivity index (χ1v) is 8.56. The molecule has 0 spiro atoms. The average Bonchev–Trinajstić information content (AvgIpc) is 3.19. The second kappa shape index (κ2) is 5.19. The van der Waals surface area contributed by atoms with Crippen LogP contribution in [0.5, 0.6) is 0 Å². The molecule has 2 aliphatic rings. The van der Waals surface area contributed by atoms with Crippen LogP contribution in [0.2, 0.25) is 0 Å². The van der Waals surface area contributed by atoms with E-state index in [4.69, 9.17) is 0 Å². The normalized spacial score (nSPS) is 17.1. The number of hydrogen-bond donors (Lipinski definition) is 1. The number of anilines is 2. The molecule has 0 amide bonds. The summed E-state index contributed by atoms with van der Waals surface area (Å²) in [5.74, 6) is 1.95. The summed E-state index contributed by atoms with van der Waals surface area (Å²) in [5.41, 5.74) is 4.67. The van der Waals surface area contributed by atoms with Crippen molar-refractivity contribution in [2.45, 2.75) is 25.3 Å². The molecule has 1 saturated heterocycles. The Balaban J connectivity index is 1.30. The fourth-order valence-electron chi connectivity index (χ4n) is 3.64. The Kier molecular flexibility index (Phi) is 2.98. The zero-order chi connectivity index (χ0) is 16.1. The van der Waals surface area contributed by atoms with Crippen LogP contribution < -0.4 is 9.80 Å². The van der Waals surface area contributed by atoms with Gasteiger partial charge in [0.2, 0.25) is 5.95 Å². The van der Waals surface area contributed by atoms with Crippen LogP contribution in [-0.2, 0) is 12.8 Å². The number of imidazole rings is 1. The van der Waals surface area contributed by atoms with Gasteiger partial charge in [0.05, 0.1) is 22.8 Å². The van der Waals surface area contributed by atoms with Crippen LogP contribution in [0.25, 0.3) is 11.0 Å². The smallest absolute Gasteiger partial charge is 0.203 e. The van der Waals surface area contributed by atoms with Crippen molar-refractivity contribution < 1.29 is 0 Å². The highest BCUT2D eigenvalue weighted by Gasteiger charge is 2.33. The Morgan fingerprint density at radius 3 is 2.92 bits per heavy atom. The Morgan fingerprint density at radius 1 is 1.17 bits per heavy atom. The number of rotatable bonds is 3. The van der Waals surface area contributed by atoms with E-state index in [1.54, 1.807) is 0 Å². The number of fused-ring (bicyclic) bond motifs is 2. The molecular formula is C18H20N6. The first-order chi connectivity index (χ1) is 11.8. The van der Waals surface area contributed by atoms with Crippen molar-refractivity contribution in [3.8, 4) is 0 Å². The number of nitrogens with zero attached hydrogens (tertiary/aromatic N) is 5. The Bertz CT molecular complexity index is 862. The van der Waals surface area contributed by atoms with Crippen LogP contribution in [0.4, 0.5) is 11.8 Å². The third kappa shape index (κ3) is 2.13. The lowest BCUT2D eigenvalue weighted by Crippen LogP contribution is -2.59. The fraction of sp³-hybridized carbons (Fsp3) is 0.389. The second-order valence-electron chi connectivity index (χ2n) is 6.78. The van der Waals surface area contributed by atoms with Gasteiger partial charge in [0.25, 0.3) is 0 Å². The van der Waals surface area contributed by atoms with Crippen LogP contribution in [0.3, 0.4) is 0 Å². The molecule has 0 radical (unpaired) electrons. The summed E-state index contributed by atoms with van der Waals surface area (Å²) in [5, 5.41) is 8.80. The van der Waals surface area contributed by atoms with Gasteiger partial charge >= 0.3 is 0 Å². The predicted molar refractivity (Wildman–Crippen MR) is 94.6 cm³/mol. The number of aromatic amines is 1. The van der Waals surface area contributed by atoms with Gasteiger partial charge in [0, 0.05) is 20.1 Å². The molecule has 1 N–H and O–H groups in total. The molecule has 1 aromatic carbocycles. The number of benzene rings is 1. The maximum absolute atomic E-state index is 4.68. The molecule has 1 aliphatic carbocycles. The second-order valence-corrected chi connectivity index (χ2v) is 6.78. The van der Waals surface area contributed by atoms with Crippen molar-refractivity contribution in [2.24, 2.45) is 0 Å². The van der Waals surface area contributed by atoms with E-state index in [1.807, 2.05) is 18.2 Å². The van der Waals surface area contributed by atoms with Gasteiger partial charge in [-0.2, -0.15) is 5.10 Å². The fourth-order valence-corrected chi connectivity index (χ4v) is 3.64. The summed E-state index contributed by atoms with van der Waals surface area (Å²) in [6.45, 7) is 1.92. The number of H-pyrrole nitrogens is 1. The molecule has 2 aromatic heterocycles. The van der Waals surface area contributed by atoms with Crippen molar-refractivity contribution in [1.82, 2.24) is 20.2 Å². The number of nitrogens with one attached hydrogen (secondary N) is 1. The SMILES string of the molecule is CN(c1nc2ccccc2[nH]1)C1CN(c2cc3c(nn2)CCC3)C1. The molecule has 5 rings (SSSR count). The molecule has 6 nitrogen and oxygen atoms in total. The average molecular weight is 320 g/mol. The minimum absolute atomic E-state index is 0.445. The van der Waals surface area contributed by atoms with Crippen LogP contribution in [0.15, 0.2) is 30.3 Å². The third-order valence-electron chi connectivity index (χ3n) is 5.25. The Labute approximate surface area is 140 Å². The monoisotopic (exact) mass is 320 g/mol. The summed E-state index contributed by atoms with van der Waals surface area (Å²) in [6.07, 6.45) is 3.44. The maximum atomic E-state index is 4.68. The van der Waals surface area contributed by atoms with Gasteiger partial charge in [-0.15, -0.1) is 5.10 Å². The Hall–Kier alpha value is -2.63. The van der Waals surface area contributed by atoms with Gasteiger partial charge in [-0.1, -0.05) is 12.1 Å². The highest BCUT2D eigenvalue weighted by molar-refractivity contribution is 5.77. The molecule has 3 heterocycles. The number of likely N-dealkylation sites (N-methyl/N-ethyl adjacent to an activating group) is 1. The van der Waals surface area contributed by atoms with E-state index < -0.39 is 0 Å². The zero-order valence-electron chi connectivity index (χ0n) is 13.7. The van der Waals surface area contributed by atoms with Gasteiger partial charge in [0.1, 0.15) is 0 Å². The van der Waals surface area contributed by atoms with E-state index in [0.29, 0.717) is 6.04 Å². The van der Waals surface area contributed by atoms with Crippen LogP contribution in [-0.4, -0.2) is 46.3 Å². The molecule has 0 unspecified atom stereocenters. The van der Waals surface area contributed by atoms with Crippen molar-refractivity contribution in [1.29, 1.82) is 0 Å². The van der Waals surface area contributed by atoms with Crippen molar-refractivity contribution in [2.75, 3.05) is 29.9 Å². The lowest BCUT2D eigenvalue weighted by molar-refractivity contribution is 0.485. The summed E-state index contributed by atoms with van der Waals surface area (Å²) in [7, 11) is 2.11. The summed E-state index contributed by atoms with van der Waals surface area (Å²) in [4.78, 5) is 12.6. The summed E-state index contributed by atoms with van der Waals surface area (Å²) >= 11 is 0.